The van der Waals surface area contributed by atoms with Crippen molar-refractivity contribution in [3.63, 3.8) is 0 Å². The molecular weight excluding hydrogens is 547 g/mol. The predicted molar refractivity (Wildman–Crippen MR) is 137 cm³/mol. The zero-order chi connectivity index (χ0) is 28.8. The first-order valence-electron chi connectivity index (χ1n) is 12.0. The standard InChI is InChI=1S/C24H30ClNO4S.C2HF3O2/c1-15(2)23(19-11-9-18(10-12-19)17-7-5-4-6-8-17)26-31(29,30)21-14-20(24(27)28)13-16(3)22(21)25;3-2(4,5)1(6)7/h9-15,17,23,26H,4-8H2,1-3H3,(H,27,28);(H,6,7). The molecule has 1 unspecified atom stereocenters. The monoisotopic (exact) mass is 577 g/mol. The zero-order valence-corrected chi connectivity index (χ0v) is 22.8. The van der Waals surface area contributed by atoms with Gasteiger partial charge in [-0.1, -0.05) is 69.0 Å². The van der Waals surface area contributed by atoms with Gasteiger partial charge >= 0.3 is 18.1 Å². The molecule has 0 bridgehead atoms. The number of aryl methyl sites for hydroxylation is 1. The van der Waals surface area contributed by atoms with Gasteiger partial charge in [-0.15, -0.1) is 0 Å². The predicted octanol–water partition coefficient (Wildman–Crippen LogP) is 6.70. The zero-order valence-electron chi connectivity index (χ0n) is 21.2. The lowest BCUT2D eigenvalue weighted by Crippen LogP contribution is -2.32. The van der Waals surface area contributed by atoms with Crippen LogP contribution in [0, 0.1) is 12.8 Å². The fourth-order valence-electron chi connectivity index (χ4n) is 4.29. The second kappa shape index (κ2) is 12.9. The summed E-state index contributed by atoms with van der Waals surface area (Å²) in [6.07, 6.45) is 1.15. The number of sulfonamides is 1. The highest BCUT2D eigenvalue weighted by molar-refractivity contribution is 7.89. The molecule has 0 aromatic heterocycles. The SMILES string of the molecule is Cc1cc(C(=O)O)cc(S(=O)(=O)NC(c2ccc(C3CCCCC3)cc2)C(C)C)c1Cl.O=C(O)C(F)(F)F. The Morgan fingerprint density at radius 3 is 2.00 bits per heavy atom. The highest BCUT2D eigenvalue weighted by Gasteiger charge is 2.38. The number of rotatable bonds is 7. The van der Waals surface area contributed by atoms with Crippen molar-refractivity contribution in [2.24, 2.45) is 5.92 Å². The number of hydrogen-bond donors (Lipinski definition) is 3. The van der Waals surface area contributed by atoms with Gasteiger partial charge in [0, 0.05) is 6.04 Å². The van der Waals surface area contributed by atoms with Crippen LogP contribution in [0.1, 0.15) is 85.0 Å². The summed E-state index contributed by atoms with van der Waals surface area (Å²) in [5.74, 6) is -3.39. The molecule has 0 saturated heterocycles. The summed E-state index contributed by atoms with van der Waals surface area (Å²) in [5, 5.41) is 16.5. The van der Waals surface area contributed by atoms with E-state index in [4.69, 9.17) is 21.5 Å². The topological polar surface area (TPSA) is 121 Å². The van der Waals surface area contributed by atoms with Crippen LogP contribution in [0.5, 0.6) is 0 Å². The van der Waals surface area contributed by atoms with E-state index in [1.807, 2.05) is 26.0 Å². The molecule has 1 fully saturated rings. The van der Waals surface area contributed by atoms with E-state index in [0.29, 0.717) is 11.5 Å². The first-order chi connectivity index (χ1) is 17.5. The van der Waals surface area contributed by atoms with Gasteiger partial charge in [0.25, 0.3) is 0 Å². The van der Waals surface area contributed by atoms with Crippen molar-refractivity contribution in [3.05, 3.63) is 63.7 Å². The summed E-state index contributed by atoms with van der Waals surface area (Å²) in [4.78, 5) is 20.1. The second-order valence-corrected chi connectivity index (χ2v) is 11.6. The Hall–Kier alpha value is -2.63. The summed E-state index contributed by atoms with van der Waals surface area (Å²) in [6.45, 7) is 5.49. The van der Waals surface area contributed by atoms with Crippen LogP contribution in [0.3, 0.4) is 0 Å². The molecule has 0 aliphatic heterocycles. The summed E-state index contributed by atoms with van der Waals surface area (Å²) in [7, 11) is -4.04. The van der Waals surface area contributed by atoms with E-state index in [9.17, 15) is 31.5 Å². The van der Waals surface area contributed by atoms with E-state index in [-0.39, 0.29) is 21.4 Å². The minimum atomic E-state index is -5.08. The lowest BCUT2D eigenvalue weighted by atomic mass is 9.83. The third kappa shape index (κ3) is 8.44. The Morgan fingerprint density at radius 2 is 1.55 bits per heavy atom. The highest BCUT2D eigenvalue weighted by atomic mass is 35.5. The van der Waals surface area contributed by atoms with Crippen LogP contribution in [-0.4, -0.2) is 36.7 Å². The Morgan fingerprint density at radius 1 is 1.03 bits per heavy atom. The normalized spacial score (nSPS) is 15.5. The van der Waals surface area contributed by atoms with Gasteiger partial charge in [-0.25, -0.2) is 22.7 Å². The number of benzene rings is 2. The molecule has 3 N–H and O–H groups in total. The number of carboxylic acids is 2. The lowest BCUT2D eigenvalue weighted by Gasteiger charge is -2.25. The molecule has 38 heavy (non-hydrogen) atoms. The van der Waals surface area contributed by atoms with Crippen LogP contribution in [-0.2, 0) is 14.8 Å². The minimum Gasteiger partial charge on any atom is -0.478 e. The Labute approximate surface area is 225 Å². The molecule has 0 heterocycles. The molecule has 1 aliphatic carbocycles. The van der Waals surface area contributed by atoms with Crippen molar-refractivity contribution < 1.29 is 41.4 Å². The maximum Gasteiger partial charge on any atom is 0.490 e. The largest absolute Gasteiger partial charge is 0.490 e. The van der Waals surface area contributed by atoms with Crippen LogP contribution in [0.2, 0.25) is 5.02 Å². The molecule has 0 radical (unpaired) electrons. The molecule has 2 aromatic rings. The Balaban J connectivity index is 0.000000638. The van der Waals surface area contributed by atoms with Gasteiger partial charge in [0.2, 0.25) is 10.0 Å². The number of aliphatic carboxylic acids is 1. The molecule has 1 atom stereocenters. The smallest absolute Gasteiger partial charge is 0.478 e. The van der Waals surface area contributed by atoms with Crippen molar-refractivity contribution in [1.29, 1.82) is 0 Å². The molecule has 7 nitrogen and oxygen atoms in total. The quantitative estimate of drug-likeness (QED) is 0.336. The first-order valence-corrected chi connectivity index (χ1v) is 13.9. The molecule has 12 heteroatoms. The summed E-state index contributed by atoms with van der Waals surface area (Å²) >= 11 is 6.26. The number of halogens is 4. The van der Waals surface area contributed by atoms with Gasteiger partial charge in [0.05, 0.1) is 10.6 Å². The Bertz CT molecular complexity index is 1240. The van der Waals surface area contributed by atoms with Gasteiger partial charge in [0.15, 0.2) is 0 Å². The fourth-order valence-corrected chi connectivity index (χ4v) is 6.25. The Kier molecular flexibility index (Phi) is 10.8. The first kappa shape index (κ1) is 31.6. The molecule has 210 valence electrons. The maximum atomic E-state index is 13.2. The van der Waals surface area contributed by atoms with Crippen LogP contribution >= 0.6 is 11.6 Å². The maximum absolute atomic E-state index is 13.2. The van der Waals surface area contributed by atoms with Gasteiger partial charge in [0.1, 0.15) is 4.90 Å². The summed E-state index contributed by atoms with van der Waals surface area (Å²) < 4.78 is 60.9. The van der Waals surface area contributed by atoms with E-state index in [1.165, 1.54) is 43.7 Å². The summed E-state index contributed by atoms with van der Waals surface area (Å²) in [5.41, 5.74) is 2.47. The van der Waals surface area contributed by atoms with E-state index in [1.54, 1.807) is 6.92 Å². The van der Waals surface area contributed by atoms with Crippen molar-refractivity contribution in [3.8, 4) is 0 Å². The van der Waals surface area contributed by atoms with Crippen LogP contribution in [0.4, 0.5) is 13.2 Å². The molecule has 1 saturated carbocycles. The summed E-state index contributed by atoms with van der Waals surface area (Å²) in [6, 6.07) is 10.2. The minimum absolute atomic E-state index is 0.0159. The van der Waals surface area contributed by atoms with Crippen LogP contribution < -0.4 is 4.72 Å². The highest BCUT2D eigenvalue weighted by Crippen LogP contribution is 2.34. The lowest BCUT2D eigenvalue weighted by molar-refractivity contribution is -0.192. The molecule has 0 spiro atoms. The van der Waals surface area contributed by atoms with Crippen LogP contribution in [0.25, 0.3) is 0 Å². The number of aromatic carboxylic acids is 1. The fraction of sp³-hybridized carbons (Fsp3) is 0.462. The van der Waals surface area contributed by atoms with E-state index >= 15 is 0 Å². The van der Waals surface area contributed by atoms with E-state index < -0.39 is 34.2 Å². The van der Waals surface area contributed by atoms with Crippen LogP contribution in [0.15, 0.2) is 41.3 Å². The van der Waals surface area contributed by atoms with Gasteiger partial charge in [-0.2, -0.15) is 13.2 Å². The average Bonchev–Trinajstić information content (AvgIpc) is 2.84. The molecule has 0 amide bonds. The average molecular weight is 578 g/mol. The number of hydrogen-bond acceptors (Lipinski definition) is 4. The molecule has 3 rings (SSSR count). The number of alkyl halides is 3. The second-order valence-electron chi connectivity index (χ2n) is 9.56. The van der Waals surface area contributed by atoms with Crippen molar-refractivity contribution in [1.82, 2.24) is 4.72 Å². The molecular formula is C26H31ClF3NO6S. The van der Waals surface area contributed by atoms with E-state index in [2.05, 4.69) is 16.9 Å². The number of carboxylic acid groups (broad SMARTS) is 2. The number of carbonyl (C=O) groups is 2. The van der Waals surface area contributed by atoms with Crippen molar-refractivity contribution >= 4 is 33.6 Å². The van der Waals surface area contributed by atoms with Gasteiger partial charge in [-0.3, -0.25) is 0 Å². The van der Waals surface area contributed by atoms with E-state index in [0.717, 1.165) is 11.6 Å². The third-order valence-corrected chi connectivity index (χ3v) is 8.40. The van der Waals surface area contributed by atoms with Crippen molar-refractivity contribution in [2.75, 3.05) is 0 Å². The van der Waals surface area contributed by atoms with Crippen molar-refractivity contribution in [2.45, 2.75) is 75.9 Å². The molecule has 1 aliphatic rings. The van der Waals surface area contributed by atoms with Gasteiger partial charge < -0.3 is 10.2 Å². The number of nitrogens with one attached hydrogen (secondary N) is 1. The molecule has 2 aromatic carbocycles. The third-order valence-electron chi connectivity index (χ3n) is 6.32. The van der Waals surface area contributed by atoms with Gasteiger partial charge in [-0.05, 0) is 60.4 Å².